The molecule has 2 heterocycles. The number of hydrogen-bond donors (Lipinski definition) is 2. The van der Waals surface area contributed by atoms with Crippen LogP contribution in [0.2, 0.25) is 0 Å². The highest BCUT2D eigenvalue weighted by atomic mass is 19.4. The zero-order valence-corrected chi connectivity index (χ0v) is 17.8. The molecule has 0 aliphatic rings. The fourth-order valence-electron chi connectivity index (χ4n) is 3.54. The Hall–Kier alpha value is -3.76. The van der Waals surface area contributed by atoms with Gasteiger partial charge in [-0.05, 0) is 49.7 Å². The molecule has 0 unspecified atom stereocenters. The molecular weight excluding hydrogens is 425 g/mol. The van der Waals surface area contributed by atoms with Crippen molar-refractivity contribution in [2.24, 2.45) is 0 Å². The van der Waals surface area contributed by atoms with Gasteiger partial charge in [-0.2, -0.15) is 17.7 Å². The zero-order chi connectivity index (χ0) is 23.2. The Labute approximate surface area is 181 Å². The number of fused-ring (bicyclic) bond motifs is 3. The fraction of sp³-hybridized carbons (Fsp3) is 0.286. The molecule has 0 saturated heterocycles. The summed E-state index contributed by atoms with van der Waals surface area (Å²) in [5, 5.41) is 17.4. The lowest BCUT2D eigenvalue weighted by molar-refractivity contribution is -0.137. The first-order chi connectivity index (χ1) is 15.1. The highest BCUT2D eigenvalue weighted by molar-refractivity contribution is 6.02. The molecule has 0 amide bonds. The molecule has 0 radical (unpaired) electrons. The van der Waals surface area contributed by atoms with Crippen LogP contribution in [0.3, 0.4) is 0 Å². The van der Waals surface area contributed by atoms with Crippen LogP contribution in [0.4, 0.5) is 24.7 Å². The highest BCUT2D eigenvalue weighted by Crippen LogP contribution is 2.38. The van der Waals surface area contributed by atoms with Crippen LogP contribution in [-0.2, 0) is 6.18 Å². The summed E-state index contributed by atoms with van der Waals surface area (Å²) in [6, 6.07) is 6.44. The Morgan fingerprint density at radius 1 is 1.00 bits per heavy atom. The number of nitrogen functional groups attached to an aromatic ring is 1. The van der Waals surface area contributed by atoms with Crippen molar-refractivity contribution in [3.63, 3.8) is 0 Å². The fourth-order valence-corrected chi connectivity index (χ4v) is 3.54. The van der Waals surface area contributed by atoms with Gasteiger partial charge in [0.2, 0.25) is 0 Å². The van der Waals surface area contributed by atoms with Crippen LogP contribution in [0.1, 0.15) is 29.9 Å². The lowest BCUT2D eigenvalue weighted by Gasteiger charge is -2.19. The van der Waals surface area contributed by atoms with Crippen molar-refractivity contribution < 1.29 is 22.6 Å². The van der Waals surface area contributed by atoms with E-state index >= 15 is 0 Å². The number of methoxy groups -OCH3 is 2. The molecule has 3 N–H and O–H groups in total. The number of anilines is 2. The Balaban J connectivity index is 1.86. The molecule has 2 aromatic heterocycles. The number of nitrogens with two attached hydrogens (primary N) is 1. The van der Waals surface area contributed by atoms with E-state index in [0.717, 1.165) is 12.1 Å². The normalized spacial score (nSPS) is 12.8. The summed E-state index contributed by atoms with van der Waals surface area (Å²) in [7, 11) is 3.04. The third-order valence-electron chi connectivity index (χ3n) is 5.17. The summed E-state index contributed by atoms with van der Waals surface area (Å²) < 4.78 is 52.1. The maximum absolute atomic E-state index is 13.3. The summed E-state index contributed by atoms with van der Waals surface area (Å²) in [6.45, 7) is 3.48. The summed E-state index contributed by atoms with van der Waals surface area (Å²) in [6.07, 6.45) is -4.50. The second-order valence-electron chi connectivity index (χ2n) is 7.34. The van der Waals surface area contributed by atoms with Gasteiger partial charge in [0.25, 0.3) is 0 Å². The van der Waals surface area contributed by atoms with Gasteiger partial charge in [-0.25, -0.2) is 0 Å². The van der Waals surface area contributed by atoms with Crippen molar-refractivity contribution >= 4 is 27.9 Å². The molecule has 168 valence electrons. The van der Waals surface area contributed by atoms with E-state index in [2.05, 4.69) is 20.6 Å². The second-order valence-corrected chi connectivity index (χ2v) is 7.34. The van der Waals surface area contributed by atoms with Crippen LogP contribution < -0.4 is 20.5 Å². The van der Waals surface area contributed by atoms with Crippen LogP contribution in [0, 0.1) is 6.92 Å². The van der Waals surface area contributed by atoms with E-state index in [9.17, 15) is 13.2 Å². The summed E-state index contributed by atoms with van der Waals surface area (Å²) in [4.78, 5) is 0. The van der Waals surface area contributed by atoms with Gasteiger partial charge in [-0.1, -0.05) is 0 Å². The summed E-state index contributed by atoms with van der Waals surface area (Å²) in [5.74, 6) is 1.94. The number of benzene rings is 2. The van der Waals surface area contributed by atoms with Gasteiger partial charge in [0, 0.05) is 16.5 Å². The minimum Gasteiger partial charge on any atom is -0.493 e. The van der Waals surface area contributed by atoms with E-state index < -0.39 is 17.8 Å². The van der Waals surface area contributed by atoms with Crippen molar-refractivity contribution in [1.82, 2.24) is 19.8 Å². The quantitative estimate of drug-likeness (QED) is 0.439. The SMILES string of the molecule is COc1cc2c(N[C@H](C)c3cc(N)cc(C(F)(F)F)c3)nn3c(C)nnc3c2cc1OC. The molecule has 0 aliphatic heterocycles. The van der Waals surface area contributed by atoms with Crippen molar-refractivity contribution in [2.45, 2.75) is 26.1 Å². The molecule has 2 aromatic carbocycles. The molecule has 32 heavy (non-hydrogen) atoms. The van der Waals surface area contributed by atoms with Crippen molar-refractivity contribution in [3.05, 3.63) is 47.3 Å². The van der Waals surface area contributed by atoms with Crippen molar-refractivity contribution in [3.8, 4) is 11.5 Å². The molecule has 0 fully saturated rings. The van der Waals surface area contributed by atoms with E-state index in [1.165, 1.54) is 20.3 Å². The van der Waals surface area contributed by atoms with Crippen LogP contribution in [-0.4, -0.2) is 34.0 Å². The smallest absolute Gasteiger partial charge is 0.416 e. The lowest BCUT2D eigenvalue weighted by atomic mass is 10.0. The van der Waals surface area contributed by atoms with Gasteiger partial charge < -0.3 is 20.5 Å². The Kier molecular flexibility index (Phi) is 5.19. The summed E-state index contributed by atoms with van der Waals surface area (Å²) in [5.41, 5.74) is 5.83. The Bertz CT molecular complexity index is 1320. The monoisotopic (exact) mass is 446 g/mol. The molecule has 11 heteroatoms. The average molecular weight is 446 g/mol. The number of nitrogens with zero attached hydrogens (tertiary/aromatic N) is 4. The first-order valence-corrected chi connectivity index (χ1v) is 9.64. The van der Waals surface area contributed by atoms with Gasteiger partial charge in [-0.3, -0.25) is 0 Å². The highest BCUT2D eigenvalue weighted by Gasteiger charge is 2.31. The maximum Gasteiger partial charge on any atom is 0.416 e. The van der Waals surface area contributed by atoms with Gasteiger partial charge in [0.1, 0.15) is 0 Å². The number of halogens is 3. The standard InChI is InChI=1S/C21H21F3N6O2/c1-10(12-5-13(21(22,23)24)7-14(25)6-12)26-19-15-8-17(31-3)18(32-4)9-16(15)20-28-27-11(2)30(20)29-19/h5-10H,25H2,1-4H3,(H,26,29)/t10-/m1/s1. The van der Waals surface area contributed by atoms with Crippen molar-refractivity contribution in [2.75, 3.05) is 25.3 Å². The molecule has 0 bridgehead atoms. The summed E-state index contributed by atoms with van der Waals surface area (Å²) >= 11 is 0. The van der Waals surface area contributed by atoms with Crippen molar-refractivity contribution in [1.29, 1.82) is 0 Å². The second kappa shape index (κ2) is 7.74. The Morgan fingerprint density at radius 2 is 1.66 bits per heavy atom. The predicted octanol–water partition coefficient (Wildman–Crippen LogP) is 4.38. The van der Waals surface area contributed by atoms with Crippen LogP contribution in [0.5, 0.6) is 11.5 Å². The lowest BCUT2D eigenvalue weighted by Crippen LogP contribution is -2.13. The van der Waals surface area contributed by atoms with Gasteiger partial charge in [0.15, 0.2) is 28.8 Å². The molecule has 8 nitrogen and oxygen atoms in total. The van der Waals surface area contributed by atoms with Gasteiger partial charge >= 0.3 is 6.18 Å². The number of ether oxygens (including phenoxy) is 2. The minimum absolute atomic E-state index is 0.0257. The molecule has 0 spiro atoms. The first kappa shape index (κ1) is 21.5. The average Bonchev–Trinajstić information content (AvgIpc) is 3.12. The molecule has 0 saturated carbocycles. The van der Waals surface area contributed by atoms with E-state index in [4.69, 9.17) is 15.2 Å². The number of rotatable bonds is 5. The van der Waals surface area contributed by atoms with Gasteiger partial charge in [-0.15, -0.1) is 15.3 Å². The number of alkyl halides is 3. The minimum atomic E-state index is -4.50. The van der Waals surface area contributed by atoms with Crippen LogP contribution >= 0.6 is 0 Å². The largest absolute Gasteiger partial charge is 0.493 e. The number of hydrogen-bond acceptors (Lipinski definition) is 7. The molecule has 4 aromatic rings. The van der Waals surface area contributed by atoms with E-state index in [-0.39, 0.29) is 5.69 Å². The topological polar surface area (TPSA) is 99.6 Å². The number of nitrogens with one attached hydrogen (secondary N) is 1. The molecular formula is C21H21F3N6O2. The van der Waals surface area contributed by atoms with E-state index in [1.54, 1.807) is 30.5 Å². The zero-order valence-electron chi connectivity index (χ0n) is 17.8. The van der Waals surface area contributed by atoms with Crippen LogP contribution in [0.15, 0.2) is 30.3 Å². The van der Waals surface area contributed by atoms with Gasteiger partial charge in [0.05, 0.1) is 25.8 Å². The molecule has 4 rings (SSSR count). The van der Waals surface area contributed by atoms with E-state index in [1.807, 2.05) is 0 Å². The third kappa shape index (κ3) is 3.70. The molecule has 0 aliphatic carbocycles. The Morgan fingerprint density at radius 3 is 2.28 bits per heavy atom. The first-order valence-electron chi connectivity index (χ1n) is 9.64. The van der Waals surface area contributed by atoms with Crippen LogP contribution in [0.25, 0.3) is 16.4 Å². The van der Waals surface area contributed by atoms with E-state index in [0.29, 0.717) is 45.1 Å². The number of aryl methyl sites for hydroxylation is 1. The third-order valence-corrected chi connectivity index (χ3v) is 5.17. The number of aromatic nitrogens is 4. The molecule has 1 atom stereocenters. The maximum atomic E-state index is 13.3. The predicted molar refractivity (Wildman–Crippen MR) is 114 cm³/mol.